The lowest BCUT2D eigenvalue weighted by Gasteiger charge is -2.27. The summed E-state index contributed by atoms with van der Waals surface area (Å²) in [5.41, 5.74) is 2.19. The highest BCUT2D eigenvalue weighted by Gasteiger charge is 2.35. The van der Waals surface area contributed by atoms with Crippen LogP contribution < -0.4 is 5.32 Å². The molecule has 1 aliphatic heterocycles. The van der Waals surface area contributed by atoms with Gasteiger partial charge in [-0.3, -0.25) is 14.4 Å². The molecule has 1 saturated heterocycles. The van der Waals surface area contributed by atoms with Gasteiger partial charge in [-0.25, -0.2) is 0 Å². The summed E-state index contributed by atoms with van der Waals surface area (Å²) in [7, 11) is 1.96. The number of likely N-dealkylation sites (tertiary alicyclic amines) is 1. The van der Waals surface area contributed by atoms with Gasteiger partial charge in [0.1, 0.15) is 0 Å². The molecule has 0 bridgehead atoms. The Morgan fingerprint density at radius 3 is 2.77 bits per heavy atom. The van der Waals surface area contributed by atoms with Crippen molar-refractivity contribution in [3.8, 4) is 0 Å². The zero-order valence-corrected chi connectivity index (χ0v) is 13.5. The van der Waals surface area contributed by atoms with Gasteiger partial charge in [0.25, 0.3) is 0 Å². The molecule has 1 aromatic rings. The first-order chi connectivity index (χ1) is 10.6. The zero-order chi connectivity index (χ0) is 15.7. The molecule has 1 saturated carbocycles. The van der Waals surface area contributed by atoms with Crippen LogP contribution in [0, 0.1) is 18.8 Å². The fraction of sp³-hybridized carbons (Fsp3) is 0.750. The lowest BCUT2D eigenvalue weighted by Crippen LogP contribution is -2.45. The van der Waals surface area contributed by atoms with Crippen LogP contribution in [0.3, 0.4) is 0 Å². The Morgan fingerprint density at radius 1 is 1.45 bits per heavy atom. The zero-order valence-electron chi connectivity index (χ0n) is 13.5. The van der Waals surface area contributed by atoms with Crippen LogP contribution in [-0.2, 0) is 18.4 Å². The first-order valence-corrected chi connectivity index (χ1v) is 8.20. The molecule has 0 aromatic carbocycles. The minimum atomic E-state index is 0.0624. The Morgan fingerprint density at radius 2 is 2.23 bits per heavy atom. The highest BCUT2D eigenvalue weighted by atomic mass is 16.3. The van der Waals surface area contributed by atoms with Gasteiger partial charge in [0.15, 0.2) is 0 Å². The van der Waals surface area contributed by atoms with E-state index in [1.54, 1.807) is 0 Å². The van der Waals surface area contributed by atoms with Crippen molar-refractivity contribution in [2.45, 2.75) is 38.8 Å². The van der Waals surface area contributed by atoms with Crippen LogP contribution in [-0.4, -0.2) is 51.4 Å². The van der Waals surface area contributed by atoms with Crippen molar-refractivity contribution >= 4 is 5.91 Å². The number of nitrogens with one attached hydrogen (secondary N) is 1. The third-order valence-corrected chi connectivity index (χ3v) is 5.04. The summed E-state index contributed by atoms with van der Waals surface area (Å²) in [6.45, 7) is 4.54. The van der Waals surface area contributed by atoms with E-state index >= 15 is 0 Å². The number of carbonyl (C=O) groups excluding carboxylic acids is 1. The molecule has 22 heavy (non-hydrogen) atoms. The lowest BCUT2D eigenvalue weighted by atomic mass is 9.84. The summed E-state index contributed by atoms with van der Waals surface area (Å²) in [5, 5.41) is 17.1. The molecule has 1 aromatic heterocycles. The number of aliphatic hydroxyl groups is 1. The number of hydrogen-bond acceptors (Lipinski definition) is 4. The largest absolute Gasteiger partial charge is 0.396 e. The predicted molar refractivity (Wildman–Crippen MR) is 83.1 cm³/mol. The molecule has 2 heterocycles. The number of rotatable bonds is 5. The Balaban J connectivity index is 1.59. The molecule has 3 rings (SSSR count). The van der Waals surface area contributed by atoms with E-state index in [9.17, 15) is 9.90 Å². The van der Waals surface area contributed by atoms with E-state index in [-0.39, 0.29) is 30.4 Å². The first-order valence-electron chi connectivity index (χ1n) is 8.20. The van der Waals surface area contributed by atoms with Gasteiger partial charge in [-0.2, -0.15) is 5.10 Å². The van der Waals surface area contributed by atoms with Crippen molar-refractivity contribution in [1.29, 1.82) is 0 Å². The van der Waals surface area contributed by atoms with Gasteiger partial charge in [0.05, 0.1) is 11.4 Å². The molecular formula is C16H26N4O2. The maximum atomic E-state index is 12.1. The average Bonchev–Trinajstić information content (AvgIpc) is 2.91. The molecule has 6 nitrogen and oxygen atoms in total. The molecule has 122 valence electrons. The Hall–Kier alpha value is -1.40. The quantitative estimate of drug-likeness (QED) is 0.828. The maximum absolute atomic E-state index is 12.1. The van der Waals surface area contributed by atoms with E-state index in [0.717, 1.165) is 44.6 Å². The Labute approximate surface area is 131 Å². The molecular weight excluding hydrogens is 280 g/mol. The van der Waals surface area contributed by atoms with E-state index < -0.39 is 0 Å². The van der Waals surface area contributed by atoms with Crippen molar-refractivity contribution in [3.05, 3.63) is 17.5 Å². The number of aliphatic hydroxyl groups excluding tert-OH is 1. The summed E-state index contributed by atoms with van der Waals surface area (Å²) >= 11 is 0. The number of amides is 1. The molecule has 0 spiro atoms. The van der Waals surface area contributed by atoms with Gasteiger partial charge in [-0.15, -0.1) is 0 Å². The Bertz CT molecular complexity index is 538. The van der Waals surface area contributed by atoms with E-state index in [4.69, 9.17) is 0 Å². The van der Waals surface area contributed by atoms with Crippen molar-refractivity contribution < 1.29 is 9.90 Å². The van der Waals surface area contributed by atoms with Crippen molar-refractivity contribution in [2.75, 3.05) is 19.7 Å². The van der Waals surface area contributed by atoms with Crippen LogP contribution in [0.2, 0.25) is 0 Å². The van der Waals surface area contributed by atoms with Crippen molar-refractivity contribution in [3.63, 3.8) is 0 Å². The molecule has 0 radical (unpaired) electrons. The van der Waals surface area contributed by atoms with Gasteiger partial charge in [0, 0.05) is 51.2 Å². The van der Waals surface area contributed by atoms with Crippen molar-refractivity contribution in [1.82, 2.24) is 20.0 Å². The van der Waals surface area contributed by atoms with Crippen LogP contribution >= 0.6 is 0 Å². The third-order valence-electron chi connectivity index (χ3n) is 5.04. The predicted octanol–water partition coefficient (Wildman–Crippen LogP) is 0.438. The first kappa shape index (κ1) is 15.5. The topological polar surface area (TPSA) is 70.4 Å². The number of aromatic nitrogens is 2. The van der Waals surface area contributed by atoms with Gasteiger partial charge in [-0.1, -0.05) is 6.42 Å². The van der Waals surface area contributed by atoms with E-state index in [1.165, 1.54) is 5.69 Å². The Kier molecular flexibility index (Phi) is 4.49. The molecule has 6 heteroatoms. The van der Waals surface area contributed by atoms with Gasteiger partial charge in [-0.05, 0) is 25.8 Å². The fourth-order valence-electron chi connectivity index (χ4n) is 3.45. The molecule has 0 unspecified atom stereocenters. The van der Waals surface area contributed by atoms with Crippen LogP contribution in [0.25, 0.3) is 0 Å². The number of carbonyl (C=O) groups is 1. The van der Waals surface area contributed by atoms with Gasteiger partial charge < -0.3 is 10.4 Å². The number of nitrogens with zero attached hydrogens (tertiary/aromatic N) is 3. The summed E-state index contributed by atoms with van der Waals surface area (Å²) < 4.78 is 1.91. The van der Waals surface area contributed by atoms with Gasteiger partial charge >= 0.3 is 0 Å². The highest BCUT2D eigenvalue weighted by molar-refractivity contribution is 5.79. The van der Waals surface area contributed by atoms with E-state index in [2.05, 4.69) is 21.4 Å². The van der Waals surface area contributed by atoms with Crippen molar-refractivity contribution in [2.24, 2.45) is 18.9 Å². The lowest BCUT2D eigenvalue weighted by molar-refractivity contribution is -0.128. The second-order valence-corrected chi connectivity index (χ2v) is 6.78. The minimum Gasteiger partial charge on any atom is -0.396 e. The maximum Gasteiger partial charge on any atom is 0.223 e. The smallest absolute Gasteiger partial charge is 0.223 e. The number of hydrogen-bond donors (Lipinski definition) is 2. The summed E-state index contributed by atoms with van der Waals surface area (Å²) in [6.07, 6.45) is 3.19. The summed E-state index contributed by atoms with van der Waals surface area (Å²) in [4.78, 5) is 14.4. The molecule has 2 fully saturated rings. The molecule has 2 aliphatic rings. The molecule has 2 atom stereocenters. The van der Waals surface area contributed by atoms with Crippen LogP contribution in [0.1, 0.15) is 30.7 Å². The van der Waals surface area contributed by atoms with Crippen LogP contribution in [0.5, 0.6) is 0 Å². The summed E-state index contributed by atoms with van der Waals surface area (Å²) in [6, 6.07) is 2.15. The standard InChI is InChI=1S/C16H26N4O2/c1-11-6-14(19(2)18-11)8-20-7-13(10-21)15(9-20)17-16(22)12-4-3-5-12/h6,12-13,15,21H,3-5,7-10H2,1-2H3,(H,17,22)/t13-,15+/m0/s1. The molecule has 1 aliphatic carbocycles. The number of aryl methyl sites for hydroxylation is 2. The minimum absolute atomic E-state index is 0.0624. The second-order valence-electron chi connectivity index (χ2n) is 6.78. The molecule has 2 N–H and O–H groups in total. The fourth-order valence-corrected chi connectivity index (χ4v) is 3.45. The van der Waals surface area contributed by atoms with E-state index in [0.29, 0.717) is 0 Å². The normalized spacial score (nSPS) is 26.1. The summed E-state index contributed by atoms with van der Waals surface area (Å²) in [5.74, 6) is 0.499. The molecule has 1 amide bonds. The van der Waals surface area contributed by atoms with Crippen LogP contribution in [0.15, 0.2) is 6.07 Å². The SMILES string of the molecule is Cc1cc(CN2C[C@@H](CO)[C@H](NC(=O)C3CCC3)C2)n(C)n1. The highest BCUT2D eigenvalue weighted by Crippen LogP contribution is 2.27. The second kappa shape index (κ2) is 6.38. The van der Waals surface area contributed by atoms with Crippen LogP contribution in [0.4, 0.5) is 0 Å². The van der Waals surface area contributed by atoms with Gasteiger partial charge in [0.2, 0.25) is 5.91 Å². The monoisotopic (exact) mass is 306 g/mol. The third kappa shape index (κ3) is 3.17. The average molecular weight is 306 g/mol. The van der Waals surface area contributed by atoms with E-state index in [1.807, 2.05) is 18.7 Å².